The van der Waals surface area contributed by atoms with E-state index in [1.165, 1.54) is 23.5 Å². The van der Waals surface area contributed by atoms with Gasteiger partial charge in [0, 0.05) is 23.2 Å². The van der Waals surface area contributed by atoms with Crippen molar-refractivity contribution in [1.82, 2.24) is 0 Å². The highest BCUT2D eigenvalue weighted by molar-refractivity contribution is 7.08. The molecule has 0 aliphatic carbocycles. The molecule has 0 saturated heterocycles. The van der Waals surface area contributed by atoms with Gasteiger partial charge in [0.05, 0.1) is 11.3 Å². The minimum absolute atomic E-state index is 0.0305. The normalized spacial score (nSPS) is 11.2. The smallest absolute Gasteiger partial charge is 0.385 e. The first kappa shape index (κ1) is 15.4. The van der Waals surface area contributed by atoms with Crippen molar-refractivity contribution in [2.24, 2.45) is 0 Å². The first-order valence-corrected chi connectivity index (χ1v) is 7.14. The fourth-order valence-corrected chi connectivity index (χ4v) is 2.39. The lowest BCUT2D eigenvalue weighted by Gasteiger charge is -2.15. The first-order valence-electron chi connectivity index (χ1n) is 6.20. The lowest BCUT2D eigenvalue weighted by atomic mass is 10.1. The summed E-state index contributed by atoms with van der Waals surface area (Å²) in [7, 11) is 0. The van der Waals surface area contributed by atoms with Crippen LogP contribution in [0.2, 0.25) is 0 Å². The maximum atomic E-state index is 13.0. The summed E-state index contributed by atoms with van der Waals surface area (Å²) in [5.74, 6) is -0.568. The maximum Gasteiger partial charge on any atom is 0.418 e. The average Bonchev–Trinajstić information content (AvgIpc) is 2.91. The molecular weight excluding hydrogens is 301 g/mol. The number of carbonyl (C=O) groups excluding carboxylic acids is 1. The van der Waals surface area contributed by atoms with Gasteiger partial charge in [0.15, 0.2) is 0 Å². The van der Waals surface area contributed by atoms with E-state index in [-0.39, 0.29) is 11.3 Å². The minimum Gasteiger partial charge on any atom is -0.385 e. The molecule has 0 radical (unpaired) electrons. The van der Waals surface area contributed by atoms with Gasteiger partial charge in [-0.3, -0.25) is 4.79 Å². The SMILES string of the molecule is CCNc1ccc(C(=O)Nc2ccsc2)cc1C(F)(F)F. The van der Waals surface area contributed by atoms with Gasteiger partial charge in [-0.2, -0.15) is 24.5 Å². The third-order valence-electron chi connectivity index (χ3n) is 2.73. The van der Waals surface area contributed by atoms with E-state index in [0.717, 1.165) is 6.07 Å². The molecular formula is C14H13F3N2OS. The summed E-state index contributed by atoms with van der Waals surface area (Å²) in [5, 5.41) is 8.67. The Morgan fingerprint density at radius 2 is 2.05 bits per heavy atom. The number of alkyl halides is 3. The summed E-state index contributed by atoms with van der Waals surface area (Å²) in [6.45, 7) is 2.07. The van der Waals surface area contributed by atoms with Gasteiger partial charge in [0.25, 0.3) is 5.91 Å². The average molecular weight is 314 g/mol. The van der Waals surface area contributed by atoms with Crippen molar-refractivity contribution in [3.05, 3.63) is 46.2 Å². The Bertz CT molecular complexity index is 624. The molecule has 1 heterocycles. The van der Waals surface area contributed by atoms with Gasteiger partial charge in [0.1, 0.15) is 0 Å². The van der Waals surface area contributed by atoms with Gasteiger partial charge >= 0.3 is 6.18 Å². The second kappa shape index (κ2) is 6.17. The van der Waals surface area contributed by atoms with Crippen molar-refractivity contribution in [3.63, 3.8) is 0 Å². The molecule has 0 aliphatic rings. The van der Waals surface area contributed by atoms with Crippen molar-refractivity contribution in [2.75, 3.05) is 17.2 Å². The molecule has 0 fully saturated rings. The molecule has 1 amide bonds. The molecule has 0 atom stereocenters. The lowest BCUT2D eigenvalue weighted by Crippen LogP contribution is -2.15. The van der Waals surface area contributed by atoms with Crippen LogP contribution in [0.5, 0.6) is 0 Å². The summed E-state index contributed by atoms with van der Waals surface area (Å²) in [5.41, 5.74) is -0.344. The largest absolute Gasteiger partial charge is 0.418 e. The number of carbonyl (C=O) groups is 1. The van der Waals surface area contributed by atoms with Crippen LogP contribution in [0.3, 0.4) is 0 Å². The van der Waals surface area contributed by atoms with E-state index in [9.17, 15) is 18.0 Å². The number of hydrogen-bond donors (Lipinski definition) is 2. The third-order valence-corrected chi connectivity index (χ3v) is 3.42. The van der Waals surface area contributed by atoms with Crippen molar-refractivity contribution < 1.29 is 18.0 Å². The van der Waals surface area contributed by atoms with Gasteiger partial charge < -0.3 is 10.6 Å². The van der Waals surface area contributed by atoms with Crippen molar-refractivity contribution in [1.29, 1.82) is 0 Å². The van der Waals surface area contributed by atoms with E-state index in [1.807, 2.05) is 0 Å². The molecule has 0 unspecified atom stereocenters. The standard InChI is InChI=1S/C14H13F3N2OS/c1-2-18-12-4-3-9(7-11(12)14(15,16)17)13(20)19-10-5-6-21-8-10/h3-8,18H,2H2,1H3,(H,19,20). The molecule has 2 N–H and O–H groups in total. The predicted octanol–water partition coefficient (Wildman–Crippen LogP) is 4.45. The number of amides is 1. The molecule has 0 aliphatic heterocycles. The topological polar surface area (TPSA) is 41.1 Å². The summed E-state index contributed by atoms with van der Waals surface area (Å²) in [6, 6.07) is 5.18. The fourth-order valence-electron chi connectivity index (χ4n) is 1.80. The summed E-state index contributed by atoms with van der Waals surface area (Å²) in [6.07, 6.45) is -4.52. The van der Waals surface area contributed by atoms with Crippen LogP contribution in [0.25, 0.3) is 0 Å². The summed E-state index contributed by atoms with van der Waals surface area (Å²) >= 11 is 1.39. The number of anilines is 2. The van der Waals surface area contributed by atoms with Gasteiger partial charge in [-0.25, -0.2) is 0 Å². The molecule has 2 aromatic rings. The van der Waals surface area contributed by atoms with Gasteiger partial charge in [-0.1, -0.05) is 0 Å². The number of halogens is 3. The highest BCUT2D eigenvalue weighted by Crippen LogP contribution is 2.35. The van der Waals surface area contributed by atoms with Gasteiger partial charge in [-0.15, -0.1) is 0 Å². The molecule has 0 spiro atoms. The Morgan fingerprint density at radius 3 is 2.62 bits per heavy atom. The Kier molecular flexibility index (Phi) is 4.52. The van der Waals surface area contributed by atoms with Crippen LogP contribution in [-0.4, -0.2) is 12.5 Å². The van der Waals surface area contributed by atoms with Crippen LogP contribution in [-0.2, 0) is 6.18 Å². The van der Waals surface area contributed by atoms with Crippen molar-refractivity contribution in [3.8, 4) is 0 Å². The van der Waals surface area contributed by atoms with Crippen LogP contribution < -0.4 is 10.6 Å². The molecule has 0 bridgehead atoms. The predicted molar refractivity (Wildman–Crippen MR) is 77.9 cm³/mol. The van der Waals surface area contributed by atoms with Crippen molar-refractivity contribution >= 4 is 28.6 Å². The molecule has 7 heteroatoms. The Balaban J connectivity index is 2.30. The van der Waals surface area contributed by atoms with E-state index >= 15 is 0 Å². The van der Waals surface area contributed by atoms with Crippen LogP contribution in [0.1, 0.15) is 22.8 Å². The highest BCUT2D eigenvalue weighted by Gasteiger charge is 2.34. The quantitative estimate of drug-likeness (QED) is 0.875. The Labute approximate surface area is 123 Å². The van der Waals surface area contributed by atoms with E-state index in [1.54, 1.807) is 23.8 Å². The maximum absolute atomic E-state index is 13.0. The lowest BCUT2D eigenvalue weighted by molar-refractivity contribution is -0.137. The third kappa shape index (κ3) is 3.75. The fraction of sp³-hybridized carbons (Fsp3) is 0.214. The monoisotopic (exact) mass is 314 g/mol. The minimum atomic E-state index is -4.52. The van der Waals surface area contributed by atoms with Gasteiger partial charge in [0.2, 0.25) is 0 Å². The second-order valence-electron chi connectivity index (χ2n) is 4.25. The van der Waals surface area contributed by atoms with Gasteiger partial charge in [-0.05, 0) is 36.6 Å². The van der Waals surface area contributed by atoms with E-state index < -0.39 is 17.6 Å². The molecule has 3 nitrogen and oxygen atoms in total. The number of benzene rings is 1. The molecule has 1 aromatic heterocycles. The molecule has 1 aromatic carbocycles. The number of rotatable bonds is 4. The number of nitrogens with one attached hydrogen (secondary N) is 2. The van der Waals surface area contributed by atoms with Crippen LogP contribution in [0.4, 0.5) is 24.5 Å². The first-order chi connectivity index (χ1) is 9.91. The second-order valence-corrected chi connectivity index (χ2v) is 5.03. The zero-order valence-electron chi connectivity index (χ0n) is 11.1. The highest BCUT2D eigenvalue weighted by atomic mass is 32.1. The van der Waals surface area contributed by atoms with E-state index in [4.69, 9.17) is 0 Å². The molecule has 21 heavy (non-hydrogen) atoms. The Hall–Kier alpha value is -2.02. The van der Waals surface area contributed by atoms with Crippen LogP contribution in [0, 0.1) is 0 Å². The number of hydrogen-bond acceptors (Lipinski definition) is 3. The summed E-state index contributed by atoms with van der Waals surface area (Å²) < 4.78 is 39.1. The summed E-state index contributed by atoms with van der Waals surface area (Å²) in [4.78, 5) is 12.0. The molecule has 0 saturated carbocycles. The Morgan fingerprint density at radius 1 is 1.29 bits per heavy atom. The zero-order chi connectivity index (χ0) is 15.5. The molecule has 112 valence electrons. The van der Waals surface area contributed by atoms with Crippen molar-refractivity contribution in [2.45, 2.75) is 13.1 Å². The van der Waals surface area contributed by atoms with E-state index in [0.29, 0.717) is 12.2 Å². The van der Waals surface area contributed by atoms with Crippen LogP contribution in [0.15, 0.2) is 35.0 Å². The molecule has 2 rings (SSSR count). The number of thiophene rings is 1. The zero-order valence-corrected chi connectivity index (χ0v) is 11.9. The van der Waals surface area contributed by atoms with E-state index in [2.05, 4.69) is 10.6 Å². The van der Waals surface area contributed by atoms with Crippen LogP contribution >= 0.6 is 11.3 Å².